The van der Waals surface area contributed by atoms with Gasteiger partial charge >= 0.3 is 0 Å². The summed E-state index contributed by atoms with van der Waals surface area (Å²) in [6.45, 7) is 4.94. The van der Waals surface area contributed by atoms with Crippen LogP contribution in [0.5, 0.6) is 5.88 Å². The van der Waals surface area contributed by atoms with Crippen LogP contribution >= 0.6 is 0 Å². The van der Waals surface area contributed by atoms with Gasteiger partial charge in [-0.3, -0.25) is 4.68 Å². The average Bonchev–Trinajstić information content (AvgIpc) is 2.89. The Labute approximate surface area is 119 Å². The molecular weight excluding hydrogens is 254 g/mol. The Morgan fingerprint density at radius 2 is 2.15 bits per heavy atom. The van der Waals surface area contributed by atoms with Crippen molar-refractivity contribution >= 4 is 0 Å². The SMILES string of the molecule is CCc1cc(CC(O)c2ccc(OC)nc2)n(CC)n1. The van der Waals surface area contributed by atoms with E-state index in [9.17, 15) is 5.11 Å². The van der Waals surface area contributed by atoms with Gasteiger partial charge in [-0.15, -0.1) is 0 Å². The number of aryl methyl sites for hydroxylation is 2. The zero-order valence-electron chi connectivity index (χ0n) is 12.2. The summed E-state index contributed by atoms with van der Waals surface area (Å²) in [6.07, 6.45) is 2.51. The molecule has 1 unspecified atom stereocenters. The smallest absolute Gasteiger partial charge is 0.212 e. The van der Waals surface area contributed by atoms with E-state index in [1.807, 2.05) is 10.7 Å². The molecule has 0 aliphatic carbocycles. The van der Waals surface area contributed by atoms with Crippen LogP contribution in [0.3, 0.4) is 0 Å². The maximum atomic E-state index is 10.3. The van der Waals surface area contributed by atoms with Gasteiger partial charge in [0.05, 0.1) is 18.9 Å². The quantitative estimate of drug-likeness (QED) is 0.877. The van der Waals surface area contributed by atoms with Crippen molar-refractivity contribution in [2.75, 3.05) is 7.11 Å². The molecule has 0 aliphatic heterocycles. The Bertz CT molecular complexity index is 549. The lowest BCUT2D eigenvalue weighted by Gasteiger charge is -2.12. The molecule has 0 aliphatic rings. The standard InChI is InChI=1S/C15H21N3O2/c1-4-12-8-13(18(5-2)17-12)9-14(19)11-6-7-15(20-3)16-10-11/h6-8,10,14,19H,4-5,9H2,1-3H3. The molecule has 0 amide bonds. The maximum absolute atomic E-state index is 10.3. The number of pyridine rings is 1. The molecule has 0 radical (unpaired) electrons. The molecule has 2 aromatic heterocycles. The summed E-state index contributed by atoms with van der Waals surface area (Å²) >= 11 is 0. The van der Waals surface area contributed by atoms with Crippen molar-refractivity contribution in [3.05, 3.63) is 41.3 Å². The van der Waals surface area contributed by atoms with Gasteiger partial charge in [0.1, 0.15) is 0 Å². The third kappa shape index (κ3) is 3.17. The summed E-state index contributed by atoms with van der Waals surface area (Å²) < 4.78 is 6.96. The van der Waals surface area contributed by atoms with Gasteiger partial charge in [-0.05, 0) is 31.0 Å². The van der Waals surface area contributed by atoms with Gasteiger partial charge in [0.25, 0.3) is 0 Å². The van der Waals surface area contributed by atoms with Gasteiger partial charge in [0.2, 0.25) is 5.88 Å². The lowest BCUT2D eigenvalue weighted by Crippen LogP contribution is -2.08. The molecule has 0 bridgehead atoms. The second kappa shape index (κ2) is 6.52. The van der Waals surface area contributed by atoms with Crippen molar-refractivity contribution in [2.24, 2.45) is 0 Å². The summed E-state index contributed by atoms with van der Waals surface area (Å²) in [4.78, 5) is 4.12. The lowest BCUT2D eigenvalue weighted by molar-refractivity contribution is 0.175. The molecule has 108 valence electrons. The number of rotatable bonds is 6. The van der Waals surface area contributed by atoms with Gasteiger partial charge in [-0.25, -0.2) is 4.98 Å². The fraction of sp³-hybridized carbons (Fsp3) is 0.467. The van der Waals surface area contributed by atoms with E-state index in [0.717, 1.165) is 29.9 Å². The molecule has 2 heterocycles. The summed E-state index contributed by atoms with van der Waals surface area (Å²) in [5.74, 6) is 0.549. The molecule has 0 fully saturated rings. The summed E-state index contributed by atoms with van der Waals surface area (Å²) in [5, 5.41) is 14.8. The Morgan fingerprint density at radius 3 is 2.70 bits per heavy atom. The van der Waals surface area contributed by atoms with E-state index >= 15 is 0 Å². The first-order valence-electron chi connectivity index (χ1n) is 6.91. The molecule has 2 aromatic rings. The summed E-state index contributed by atoms with van der Waals surface area (Å²) in [6, 6.07) is 5.65. The number of ether oxygens (including phenoxy) is 1. The first kappa shape index (κ1) is 14.5. The molecule has 0 aromatic carbocycles. The third-order valence-electron chi connectivity index (χ3n) is 3.33. The van der Waals surface area contributed by atoms with Crippen molar-refractivity contribution in [2.45, 2.75) is 39.3 Å². The van der Waals surface area contributed by atoms with Gasteiger partial charge in [0, 0.05) is 30.9 Å². The van der Waals surface area contributed by atoms with Crippen molar-refractivity contribution in [3.63, 3.8) is 0 Å². The van der Waals surface area contributed by atoms with E-state index < -0.39 is 6.10 Å². The van der Waals surface area contributed by atoms with Crippen LogP contribution in [-0.2, 0) is 19.4 Å². The van der Waals surface area contributed by atoms with Gasteiger partial charge in [-0.2, -0.15) is 5.10 Å². The molecule has 0 spiro atoms. The molecular formula is C15H21N3O2. The molecule has 1 atom stereocenters. The van der Waals surface area contributed by atoms with E-state index in [-0.39, 0.29) is 0 Å². The van der Waals surface area contributed by atoms with E-state index in [2.05, 4.69) is 30.0 Å². The van der Waals surface area contributed by atoms with Crippen molar-refractivity contribution in [1.82, 2.24) is 14.8 Å². The van der Waals surface area contributed by atoms with E-state index in [0.29, 0.717) is 12.3 Å². The molecule has 5 nitrogen and oxygen atoms in total. The first-order chi connectivity index (χ1) is 9.67. The van der Waals surface area contributed by atoms with Gasteiger partial charge < -0.3 is 9.84 Å². The van der Waals surface area contributed by atoms with Crippen molar-refractivity contribution in [1.29, 1.82) is 0 Å². The predicted molar refractivity (Wildman–Crippen MR) is 76.7 cm³/mol. The Morgan fingerprint density at radius 1 is 1.35 bits per heavy atom. The van der Waals surface area contributed by atoms with Crippen LogP contribution in [0.1, 0.15) is 36.9 Å². The number of aliphatic hydroxyl groups excluding tert-OH is 1. The second-order valence-electron chi connectivity index (χ2n) is 4.65. The zero-order chi connectivity index (χ0) is 14.5. The Hall–Kier alpha value is -1.88. The van der Waals surface area contributed by atoms with E-state index in [1.165, 1.54) is 0 Å². The van der Waals surface area contributed by atoms with Crippen molar-refractivity contribution < 1.29 is 9.84 Å². The molecule has 0 saturated heterocycles. The minimum absolute atomic E-state index is 0.537. The number of nitrogens with zero attached hydrogens (tertiary/aromatic N) is 3. The number of aromatic nitrogens is 3. The highest BCUT2D eigenvalue weighted by atomic mass is 16.5. The minimum Gasteiger partial charge on any atom is -0.481 e. The second-order valence-corrected chi connectivity index (χ2v) is 4.65. The summed E-state index contributed by atoms with van der Waals surface area (Å²) in [7, 11) is 1.57. The minimum atomic E-state index is -0.583. The molecule has 20 heavy (non-hydrogen) atoms. The van der Waals surface area contributed by atoms with Crippen LogP contribution in [0, 0.1) is 0 Å². The molecule has 1 N–H and O–H groups in total. The lowest BCUT2D eigenvalue weighted by atomic mass is 10.1. The molecule has 5 heteroatoms. The highest BCUT2D eigenvalue weighted by Gasteiger charge is 2.13. The van der Waals surface area contributed by atoms with Gasteiger partial charge in [0.15, 0.2) is 0 Å². The fourth-order valence-corrected chi connectivity index (χ4v) is 2.15. The molecule has 2 rings (SSSR count). The van der Waals surface area contributed by atoms with Gasteiger partial charge in [-0.1, -0.05) is 6.92 Å². The monoisotopic (exact) mass is 275 g/mol. The van der Waals surface area contributed by atoms with Crippen LogP contribution in [-0.4, -0.2) is 27.0 Å². The topological polar surface area (TPSA) is 60.2 Å². The normalized spacial score (nSPS) is 12.4. The predicted octanol–water partition coefficient (Wildman–Crippen LogP) is 2.15. The van der Waals surface area contributed by atoms with Crippen LogP contribution in [0.4, 0.5) is 0 Å². The van der Waals surface area contributed by atoms with E-state index in [1.54, 1.807) is 19.4 Å². The number of hydrogen-bond donors (Lipinski definition) is 1. The number of hydrogen-bond acceptors (Lipinski definition) is 4. The first-order valence-corrected chi connectivity index (χ1v) is 6.91. The highest BCUT2D eigenvalue weighted by molar-refractivity contribution is 5.22. The number of methoxy groups -OCH3 is 1. The van der Waals surface area contributed by atoms with Crippen LogP contribution in [0.25, 0.3) is 0 Å². The van der Waals surface area contributed by atoms with E-state index in [4.69, 9.17) is 4.74 Å². The van der Waals surface area contributed by atoms with Crippen LogP contribution < -0.4 is 4.74 Å². The largest absolute Gasteiger partial charge is 0.481 e. The van der Waals surface area contributed by atoms with Crippen LogP contribution in [0.15, 0.2) is 24.4 Å². The third-order valence-corrected chi connectivity index (χ3v) is 3.33. The molecule has 0 saturated carbocycles. The Balaban J connectivity index is 2.13. The highest BCUT2D eigenvalue weighted by Crippen LogP contribution is 2.20. The average molecular weight is 275 g/mol. The van der Waals surface area contributed by atoms with Crippen LogP contribution in [0.2, 0.25) is 0 Å². The fourth-order valence-electron chi connectivity index (χ4n) is 2.15. The maximum Gasteiger partial charge on any atom is 0.212 e. The van der Waals surface area contributed by atoms with Crippen molar-refractivity contribution in [3.8, 4) is 5.88 Å². The number of aliphatic hydroxyl groups is 1. The zero-order valence-corrected chi connectivity index (χ0v) is 12.2. The Kier molecular flexibility index (Phi) is 4.74. The summed E-state index contributed by atoms with van der Waals surface area (Å²) in [5.41, 5.74) is 2.89.